The summed E-state index contributed by atoms with van der Waals surface area (Å²) >= 11 is 0. The average molecular weight is 473 g/mol. The van der Waals surface area contributed by atoms with Crippen LogP contribution in [0.25, 0.3) is 23.1 Å². The molecule has 5 aromatic rings. The minimum atomic E-state index is -1.56. The van der Waals surface area contributed by atoms with Gasteiger partial charge in [0.2, 0.25) is 0 Å². The van der Waals surface area contributed by atoms with E-state index in [-0.39, 0.29) is 10.7 Å². The lowest BCUT2D eigenvalue weighted by molar-refractivity contribution is 0.509. The van der Waals surface area contributed by atoms with E-state index in [9.17, 15) is 13.8 Å². The first kappa shape index (κ1) is 21.6. The van der Waals surface area contributed by atoms with Gasteiger partial charge in [0.25, 0.3) is 11.1 Å². The molecule has 0 radical (unpaired) electrons. The van der Waals surface area contributed by atoms with E-state index in [2.05, 4.69) is 15.0 Å². The van der Waals surface area contributed by atoms with Crippen LogP contribution in [-0.2, 0) is 17.4 Å². The molecule has 0 fully saturated rings. The highest BCUT2D eigenvalue weighted by Crippen LogP contribution is 2.23. The Morgan fingerprint density at radius 1 is 0.971 bits per heavy atom. The van der Waals surface area contributed by atoms with Gasteiger partial charge in [-0.2, -0.15) is 0 Å². The molecule has 9 heteroatoms. The van der Waals surface area contributed by atoms with Crippen molar-refractivity contribution in [3.8, 4) is 0 Å². The van der Waals surface area contributed by atoms with Crippen LogP contribution in [0.2, 0.25) is 0 Å². The average Bonchev–Trinajstić information content (AvgIpc) is 3.46. The first-order chi connectivity index (χ1) is 16.5. The predicted octanol–water partition coefficient (Wildman–Crippen LogP) is 1.80. The van der Waals surface area contributed by atoms with Crippen LogP contribution >= 0.6 is 0 Å². The molecule has 0 aliphatic carbocycles. The van der Waals surface area contributed by atoms with Crippen molar-refractivity contribution >= 4 is 34.0 Å². The van der Waals surface area contributed by atoms with Crippen LogP contribution in [0.4, 0.5) is 0 Å². The maximum atomic E-state index is 13.5. The van der Waals surface area contributed by atoms with E-state index in [1.807, 2.05) is 55.5 Å². The summed E-state index contributed by atoms with van der Waals surface area (Å²) in [6, 6.07) is 18.4. The van der Waals surface area contributed by atoms with Crippen LogP contribution < -0.4 is 21.8 Å². The number of nitrogens with one attached hydrogen (secondary N) is 2. The van der Waals surface area contributed by atoms with Crippen molar-refractivity contribution < 1.29 is 8.63 Å². The first-order valence-electron chi connectivity index (χ1n) is 10.6. The number of benzene rings is 2. The zero-order valence-corrected chi connectivity index (χ0v) is 19.0. The number of aromatic amines is 2. The number of H-pyrrole nitrogens is 2. The molecule has 170 valence electrons. The van der Waals surface area contributed by atoms with Crippen LogP contribution in [0, 0.1) is 0 Å². The molecule has 0 bridgehead atoms. The highest BCUT2D eigenvalue weighted by atomic mass is 32.2. The number of nitrogens with zero attached hydrogens (tertiary/aromatic N) is 2. The molecule has 3 heterocycles. The molecule has 0 amide bonds. The molecule has 1 unspecified atom stereocenters. The van der Waals surface area contributed by atoms with Crippen molar-refractivity contribution in [2.24, 2.45) is 0 Å². The number of hydrogen-bond acceptors (Lipinski definition) is 5. The molecule has 0 spiro atoms. The minimum Gasteiger partial charge on any atom is -0.448 e. The van der Waals surface area contributed by atoms with Gasteiger partial charge in [0.15, 0.2) is 17.4 Å². The van der Waals surface area contributed by atoms with Gasteiger partial charge in [0.05, 0.1) is 16.1 Å². The Morgan fingerprint density at radius 3 is 2.38 bits per heavy atom. The maximum absolute atomic E-state index is 13.5. The summed E-state index contributed by atoms with van der Waals surface area (Å²) < 4.78 is 20.4. The molecule has 0 aliphatic heterocycles. The summed E-state index contributed by atoms with van der Waals surface area (Å²) in [7, 11) is -1.56. The van der Waals surface area contributed by atoms with Gasteiger partial charge in [-0.1, -0.05) is 43.3 Å². The third-order valence-corrected chi connectivity index (χ3v) is 6.77. The predicted molar refractivity (Wildman–Crippen MR) is 130 cm³/mol. The van der Waals surface area contributed by atoms with E-state index >= 15 is 0 Å². The fourth-order valence-electron chi connectivity index (χ4n) is 3.72. The Kier molecular flexibility index (Phi) is 5.69. The monoisotopic (exact) mass is 472 g/mol. The zero-order chi connectivity index (χ0) is 23.7. The van der Waals surface area contributed by atoms with Gasteiger partial charge in [0.1, 0.15) is 22.2 Å². The van der Waals surface area contributed by atoms with Gasteiger partial charge < -0.3 is 14.4 Å². The Bertz CT molecular complexity index is 1760. The fourth-order valence-corrected chi connectivity index (χ4v) is 4.96. The van der Waals surface area contributed by atoms with Gasteiger partial charge >= 0.3 is 0 Å². The normalized spacial score (nSPS) is 13.6. The number of para-hydroxylation sites is 1. The molecule has 1 atom stereocenters. The molecule has 0 saturated carbocycles. The molecular formula is C25H20N4O4S. The highest BCUT2D eigenvalue weighted by molar-refractivity contribution is 7.83. The number of fused-ring (bicyclic) bond motifs is 1. The van der Waals surface area contributed by atoms with Crippen molar-refractivity contribution in [2.45, 2.75) is 18.2 Å². The molecule has 8 nitrogen and oxygen atoms in total. The van der Waals surface area contributed by atoms with Gasteiger partial charge in [-0.25, -0.2) is 9.19 Å². The number of oxazole rings is 1. The summed E-state index contributed by atoms with van der Waals surface area (Å²) in [5.74, 6) is 0.615. The van der Waals surface area contributed by atoms with E-state index in [1.165, 1.54) is 18.5 Å². The maximum Gasteiger partial charge on any atom is 0.272 e. The van der Waals surface area contributed by atoms with E-state index in [0.717, 1.165) is 10.9 Å². The van der Waals surface area contributed by atoms with E-state index in [1.54, 1.807) is 16.1 Å². The molecular weight excluding hydrogens is 452 g/mol. The second-order valence-electron chi connectivity index (χ2n) is 7.52. The third kappa shape index (κ3) is 3.97. The van der Waals surface area contributed by atoms with Crippen molar-refractivity contribution in [3.63, 3.8) is 0 Å². The van der Waals surface area contributed by atoms with Crippen molar-refractivity contribution in [3.05, 3.63) is 116 Å². The zero-order valence-electron chi connectivity index (χ0n) is 18.1. The van der Waals surface area contributed by atoms with Crippen LogP contribution in [0.5, 0.6) is 0 Å². The van der Waals surface area contributed by atoms with Crippen molar-refractivity contribution in [1.82, 2.24) is 18.9 Å². The lowest BCUT2D eigenvalue weighted by Gasteiger charge is -2.08. The summed E-state index contributed by atoms with van der Waals surface area (Å²) in [5.41, 5.74) is 0.778. The quantitative estimate of drug-likeness (QED) is 0.405. The first-order valence-corrected chi connectivity index (χ1v) is 11.7. The largest absolute Gasteiger partial charge is 0.448 e. The standard InChI is InChI=1S/C25H20N4O4S/c1-2-23-19(26-15-33-23)14-21-25(31)27-20(24(30)28-21)13-17-12-16-8-6-7-11-22(16)29(17)34(32)18-9-4-3-5-10-18/h3-15H,2H2,1H3,(H,27,31)(H,28,30)/b20-13-,21-14-. The van der Waals surface area contributed by atoms with Crippen LogP contribution in [0.3, 0.4) is 0 Å². The Balaban J connectivity index is 1.69. The van der Waals surface area contributed by atoms with Gasteiger partial charge in [0, 0.05) is 11.8 Å². The lowest BCUT2D eigenvalue weighted by Crippen LogP contribution is -2.46. The highest BCUT2D eigenvalue weighted by Gasteiger charge is 2.14. The number of hydrogen-bond donors (Lipinski definition) is 2. The fraction of sp³-hybridized carbons (Fsp3) is 0.0800. The smallest absolute Gasteiger partial charge is 0.272 e. The number of aryl methyl sites for hydroxylation is 1. The summed E-state index contributed by atoms with van der Waals surface area (Å²) in [6.07, 6.45) is 4.90. The number of aromatic nitrogens is 4. The lowest BCUT2D eigenvalue weighted by atomic mass is 10.2. The SMILES string of the molecule is CCc1ocnc1/C=c1\[nH]c(=O)/c(=C/c2cc3ccccc3n2S(=O)c2ccccc2)[nH]c1=O. The summed E-state index contributed by atoms with van der Waals surface area (Å²) in [6.45, 7) is 1.90. The summed E-state index contributed by atoms with van der Waals surface area (Å²) in [4.78, 5) is 35.5. The molecule has 0 aliphatic rings. The summed E-state index contributed by atoms with van der Waals surface area (Å²) in [5, 5.41) is 0.978. The molecule has 3 aromatic heterocycles. The van der Waals surface area contributed by atoms with Crippen LogP contribution in [-0.4, -0.2) is 23.1 Å². The molecule has 2 aromatic carbocycles. The van der Waals surface area contributed by atoms with E-state index < -0.39 is 22.1 Å². The molecule has 34 heavy (non-hydrogen) atoms. The minimum absolute atomic E-state index is 0.0483. The molecule has 5 rings (SSSR count). The van der Waals surface area contributed by atoms with Gasteiger partial charge in [-0.15, -0.1) is 0 Å². The number of rotatable bonds is 5. The van der Waals surface area contributed by atoms with E-state index in [0.29, 0.717) is 28.5 Å². The van der Waals surface area contributed by atoms with Crippen molar-refractivity contribution in [1.29, 1.82) is 0 Å². The van der Waals surface area contributed by atoms with Crippen LogP contribution in [0.1, 0.15) is 24.1 Å². The molecule has 0 saturated heterocycles. The third-order valence-electron chi connectivity index (χ3n) is 5.36. The van der Waals surface area contributed by atoms with Crippen molar-refractivity contribution in [2.75, 3.05) is 0 Å². The molecule has 2 N–H and O–H groups in total. The second kappa shape index (κ2) is 8.95. The van der Waals surface area contributed by atoms with Gasteiger partial charge in [-0.3, -0.25) is 13.6 Å². The second-order valence-corrected chi connectivity index (χ2v) is 8.86. The Morgan fingerprint density at radius 2 is 1.65 bits per heavy atom. The Hall–Kier alpha value is -4.24. The topological polar surface area (TPSA) is 114 Å². The van der Waals surface area contributed by atoms with E-state index in [4.69, 9.17) is 4.42 Å². The van der Waals surface area contributed by atoms with Crippen LogP contribution in [0.15, 0.2) is 86.0 Å². The Labute approximate surface area is 195 Å². The van der Waals surface area contributed by atoms with Gasteiger partial charge in [-0.05, 0) is 36.4 Å².